The minimum absolute atomic E-state index is 0.388. The average Bonchev–Trinajstić information content (AvgIpc) is 2.53. The first kappa shape index (κ1) is 22.2. The highest BCUT2D eigenvalue weighted by molar-refractivity contribution is 6.58. The van der Waals surface area contributed by atoms with Crippen molar-refractivity contribution in [1.29, 1.82) is 0 Å². The van der Waals surface area contributed by atoms with Gasteiger partial charge in [-0.2, -0.15) is 0 Å². The molecule has 0 aromatic carbocycles. The van der Waals surface area contributed by atoms with E-state index in [2.05, 4.69) is 20.8 Å². The monoisotopic (exact) mass is 326 g/mol. The first-order valence-corrected chi connectivity index (χ1v) is 13.3. The Bertz CT molecular complexity index is 157. The van der Waals surface area contributed by atoms with Gasteiger partial charge in [-0.3, -0.25) is 0 Å². The smallest absolute Gasteiger partial charge is 0.0367 e. The minimum Gasteiger partial charge on any atom is -0.0654 e. The Morgan fingerprint density at radius 1 is 0.364 bits per heavy atom. The van der Waals surface area contributed by atoms with E-state index in [0.29, 0.717) is 0 Å². The molecule has 0 rings (SSSR count). The fraction of sp³-hybridized carbons (Fsp3) is 1.00. The number of unbranched alkanes of at least 4 members (excludes halogenated alkanes) is 12. The molecule has 0 aliphatic rings. The molecule has 0 fully saturated rings. The van der Waals surface area contributed by atoms with E-state index in [-0.39, 0.29) is 8.80 Å². The summed E-state index contributed by atoms with van der Waals surface area (Å²) in [5.41, 5.74) is 0. The second-order valence-corrected chi connectivity index (χ2v) is 10.9. The zero-order chi connectivity index (χ0) is 16.3. The van der Waals surface area contributed by atoms with E-state index in [9.17, 15) is 0 Å². The van der Waals surface area contributed by atoms with Gasteiger partial charge in [0.25, 0.3) is 0 Å². The van der Waals surface area contributed by atoms with Crippen LogP contribution in [0.25, 0.3) is 0 Å². The molecule has 0 spiro atoms. The second-order valence-electron chi connectivity index (χ2n) is 7.47. The van der Waals surface area contributed by atoms with Crippen LogP contribution >= 0.6 is 0 Å². The minimum atomic E-state index is -0.388. The Hall–Kier alpha value is 0.217. The lowest BCUT2D eigenvalue weighted by Gasteiger charge is -2.15. The first-order valence-electron chi connectivity index (χ1n) is 10.8. The molecular formula is C21H46Si. The lowest BCUT2D eigenvalue weighted by atomic mass is 10.2. The standard InChI is InChI=1S/C21H46Si/c1-4-7-10-13-16-19-22(20-17-14-11-8-5-2)21-18-15-12-9-6-3/h22H,4-21H2,1-3H3. The molecule has 0 N–H and O–H groups in total. The van der Waals surface area contributed by atoms with Crippen LogP contribution in [0.2, 0.25) is 18.1 Å². The summed E-state index contributed by atoms with van der Waals surface area (Å²) in [6.45, 7) is 6.97. The van der Waals surface area contributed by atoms with Gasteiger partial charge in [-0.05, 0) is 0 Å². The van der Waals surface area contributed by atoms with E-state index < -0.39 is 0 Å². The summed E-state index contributed by atoms with van der Waals surface area (Å²) in [6.07, 6.45) is 22.2. The van der Waals surface area contributed by atoms with Crippen molar-refractivity contribution in [1.82, 2.24) is 0 Å². The summed E-state index contributed by atoms with van der Waals surface area (Å²) in [4.78, 5) is 0. The Morgan fingerprint density at radius 3 is 0.909 bits per heavy atom. The Balaban J connectivity index is 3.72. The molecule has 22 heavy (non-hydrogen) atoms. The second kappa shape index (κ2) is 19.3. The van der Waals surface area contributed by atoms with E-state index in [0.717, 1.165) is 0 Å². The maximum Gasteiger partial charge on any atom is 0.0367 e. The third-order valence-electron chi connectivity index (χ3n) is 5.15. The Labute approximate surface area is 144 Å². The summed E-state index contributed by atoms with van der Waals surface area (Å²) >= 11 is 0. The SMILES string of the molecule is CCCCCCC[SiH](CCCCCCC)CCCCCCC. The van der Waals surface area contributed by atoms with Crippen LogP contribution < -0.4 is 0 Å². The van der Waals surface area contributed by atoms with Gasteiger partial charge in [-0.1, -0.05) is 135 Å². The summed E-state index contributed by atoms with van der Waals surface area (Å²) in [7, 11) is -0.388. The molecule has 0 saturated heterocycles. The normalized spacial score (nSPS) is 11.5. The van der Waals surface area contributed by atoms with E-state index in [1.54, 1.807) is 37.4 Å². The topological polar surface area (TPSA) is 0 Å². The van der Waals surface area contributed by atoms with Gasteiger partial charge in [0.15, 0.2) is 0 Å². The number of rotatable bonds is 18. The average molecular weight is 327 g/mol. The van der Waals surface area contributed by atoms with Gasteiger partial charge in [0, 0.05) is 8.80 Å². The van der Waals surface area contributed by atoms with Crippen LogP contribution in [0.15, 0.2) is 0 Å². The van der Waals surface area contributed by atoms with Crippen LogP contribution in [0.3, 0.4) is 0 Å². The summed E-state index contributed by atoms with van der Waals surface area (Å²) in [5, 5.41) is 0. The van der Waals surface area contributed by atoms with E-state index >= 15 is 0 Å². The van der Waals surface area contributed by atoms with Crippen LogP contribution in [0, 0.1) is 0 Å². The van der Waals surface area contributed by atoms with Gasteiger partial charge in [-0.25, -0.2) is 0 Å². The third-order valence-corrected chi connectivity index (χ3v) is 8.82. The van der Waals surface area contributed by atoms with Gasteiger partial charge >= 0.3 is 0 Å². The molecule has 0 amide bonds. The highest BCUT2D eigenvalue weighted by atomic mass is 28.3. The van der Waals surface area contributed by atoms with Crippen molar-refractivity contribution in [2.45, 2.75) is 135 Å². The van der Waals surface area contributed by atoms with Crippen molar-refractivity contribution < 1.29 is 0 Å². The van der Waals surface area contributed by atoms with Gasteiger partial charge in [0.1, 0.15) is 0 Å². The quantitative estimate of drug-likeness (QED) is 0.176. The number of hydrogen-bond donors (Lipinski definition) is 0. The van der Waals surface area contributed by atoms with E-state index in [1.807, 2.05) is 0 Å². The van der Waals surface area contributed by atoms with Crippen molar-refractivity contribution >= 4 is 8.80 Å². The third kappa shape index (κ3) is 16.6. The predicted molar refractivity (Wildman–Crippen MR) is 108 cm³/mol. The molecule has 0 aromatic rings. The van der Waals surface area contributed by atoms with E-state index in [4.69, 9.17) is 0 Å². The molecule has 0 aromatic heterocycles. The molecule has 0 radical (unpaired) electrons. The zero-order valence-electron chi connectivity index (χ0n) is 16.3. The molecule has 0 aliphatic carbocycles. The molecule has 0 unspecified atom stereocenters. The molecular weight excluding hydrogens is 280 g/mol. The maximum atomic E-state index is 2.32. The van der Waals surface area contributed by atoms with Crippen molar-refractivity contribution in [3.05, 3.63) is 0 Å². The predicted octanol–water partition coefficient (Wildman–Crippen LogP) is 8.12. The van der Waals surface area contributed by atoms with Crippen LogP contribution in [-0.2, 0) is 0 Å². The molecule has 0 saturated carbocycles. The fourth-order valence-corrected chi connectivity index (χ4v) is 7.01. The summed E-state index contributed by atoms with van der Waals surface area (Å²) < 4.78 is 0. The van der Waals surface area contributed by atoms with Gasteiger partial charge in [0.05, 0.1) is 0 Å². The van der Waals surface area contributed by atoms with Gasteiger partial charge < -0.3 is 0 Å². The lowest BCUT2D eigenvalue weighted by Crippen LogP contribution is -2.12. The maximum absolute atomic E-state index is 2.32. The molecule has 134 valence electrons. The van der Waals surface area contributed by atoms with Crippen LogP contribution in [0.5, 0.6) is 0 Å². The summed E-state index contributed by atoms with van der Waals surface area (Å²) in [5.74, 6) is 0. The highest BCUT2D eigenvalue weighted by Crippen LogP contribution is 2.20. The van der Waals surface area contributed by atoms with E-state index in [1.165, 1.54) is 77.0 Å². The molecule has 1 heteroatoms. The zero-order valence-corrected chi connectivity index (χ0v) is 17.5. The fourth-order valence-electron chi connectivity index (χ4n) is 3.54. The first-order chi connectivity index (χ1) is 10.8. The highest BCUT2D eigenvalue weighted by Gasteiger charge is 2.10. The van der Waals surface area contributed by atoms with Gasteiger partial charge in [0.2, 0.25) is 0 Å². The van der Waals surface area contributed by atoms with Crippen molar-refractivity contribution in [3.63, 3.8) is 0 Å². The lowest BCUT2D eigenvalue weighted by molar-refractivity contribution is 0.636. The van der Waals surface area contributed by atoms with Crippen LogP contribution in [-0.4, -0.2) is 8.80 Å². The molecule has 0 heterocycles. The molecule has 0 bridgehead atoms. The largest absolute Gasteiger partial charge is 0.0654 e. The Morgan fingerprint density at radius 2 is 0.636 bits per heavy atom. The number of hydrogen-bond acceptors (Lipinski definition) is 0. The van der Waals surface area contributed by atoms with Crippen molar-refractivity contribution in [2.24, 2.45) is 0 Å². The van der Waals surface area contributed by atoms with Crippen LogP contribution in [0.1, 0.15) is 117 Å². The van der Waals surface area contributed by atoms with Crippen LogP contribution in [0.4, 0.5) is 0 Å². The molecule has 0 nitrogen and oxygen atoms in total. The van der Waals surface area contributed by atoms with Gasteiger partial charge in [-0.15, -0.1) is 0 Å². The van der Waals surface area contributed by atoms with Crippen molar-refractivity contribution in [3.8, 4) is 0 Å². The Kier molecular flexibility index (Phi) is 19.5. The molecule has 0 atom stereocenters. The summed E-state index contributed by atoms with van der Waals surface area (Å²) in [6, 6.07) is 4.97. The molecule has 0 aliphatic heterocycles. The van der Waals surface area contributed by atoms with Crippen molar-refractivity contribution in [2.75, 3.05) is 0 Å².